The molecule has 3 rings (SSSR count). The maximum absolute atomic E-state index is 12.8. The van der Waals surface area contributed by atoms with Crippen molar-refractivity contribution in [3.63, 3.8) is 0 Å². The van der Waals surface area contributed by atoms with Gasteiger partial charge in [-0.25, -0.2) is 13.6 Å². The maximum atomic E-state index is 12.8. The molecule has 152 valence electrons. The minimum atomic E-state index is -3.94. The molecule has 0 aliphatic heterocycles. The first-order valence-corrected chi connectivity index (χ1v) is 10.2. The highest BCUT2D eigenvalue weighted by Gasteiger charge is 2.20. The molecule has 0 fully saturated rings. The number of benzene rings is 2. The van der Waals surface area contributed by atoms with Gasteiger partial charge in [-0.1, -0.05) is 17.7 Å². The van der Waals surface area contributed by atoms with Crippen LogP contribution in [0.3, 0.4) is 0 Å². The van der Waals surface area contributed by atoms with Gasteiger partial charge in [-0.3, -0.25) is 4.79 Å². The highest BCUT2D eigenvalue weighted by molar-refractivity contribution is 7.89. The van der Waals surface area contributed by atoms with Crippen LogP contribution >= 0.6 is 0 Å². The highest BCUT2D eigenvalue weighted by atomic mass is 32.2. The van der Waals surface area contributed by atoms with Crippen molar-refractivity contribution in [1.82, 2.24) is 15.0 Å². The molecular weight excluding hydrogens is 394 g/mol. The number of aryl methyl sites for hydroxylation is 3. The van der Waals surface area contributed by atoms with E-state index in [1.165, 1.54) is 30.1 Å². The Kier molecular flexibility index (Phi) is 5.40. The first-order valence-electron chi connectivity index (χ1n) is 8.64. The van der Waals surface area contributed by atoms with E-state index < -0.39 is 15.9 Å². The number of sulfonamides is 1. The van der Waals surface area contributed by atoms with Crippen LogP contribution in [0.2, 0.25) is 0 Å². The van der Waals surface area contributed by atoms with E-state index in [9.17, 15) is 13.2 Å². The van der Waals surface area contributed by atoms with E-state index in [1.54, 1.807) is 6.92 Å². The number of ether oxygens (including phenoxy) is 1. The van der Waals surface area contributed by atoms with Crippen LogP contribution in [0.5, 0.6) is 5.75 Å². The zero-order valence-electron chi connectivity index (χ0n) is 16.4. The molecule has 3 aromatic rings. The van der Waals surface area contributed by atoms with Crippen molar-refractivity contribution in [2.24, 2.45) is 5.14 Å². The van der Waals surface area contributed by atoms with Crippen LogP contribution in [0.1, 0.15) is 27.3 Å². The largest absolute Gasteiger partial charge is 0.495 e. The number of primary sulfonamides is 1. The van der Waals surface area contributed by atoms with Gasteiger partial charge in [-0.2, -0.15) is 9.90 Å². The fraction of sp³-hybridized carbons (Fsp3) is 0.211. The summed E-state index contributed by atoms with van der Waals surface area (Å²) in [4.78, 5) is 14.0. The molecule has 1 amide bonds. The van der Waals surface area contributed by atoms with Crippen molar-refractivity contribution in [2.75, 3.05) is 12.4 Å². The molecule has 0 saturated heterocycles. The van der Waals surface area contributed by atoms with Crippen molar-refractivity contribution in [1.29, 1.82) is 0 Å². The van der Waals surface area contributed by atoms with Crippen molar-refractivity contribution < 1.29 is 17.9 Å². The fourth-order valence-corrected chi connectivity index (χ4v) is 3.41. The molecule has 0 aliphatic rings. The molecular formula is C19H21N5O4S. The summed E-state index contributed by atoms with van der Waals surface area (Å²) in [6, 6.07) is 9.75. The molecule has 0 radical (unpaired) electrons. The summed E-state index contributed by atoms with van der Waals surface area (Å²) >= 11 is 0. The van der Waals surface area contributed by atoms with Gasteiger partial charge >= 0.3 is 0 Å². The van der Waals surface area contributed by atoms with Crippen molar-refractivity contribution in [3.8, 4) is 11.4 Å². The quantitative estimate of drug-likeness (QED) is 0.656. The van der Waals surface area contributed by atoms with Crippen LogP contribution in [0.4, 0.5) is 5.69 Å². The molecule has 0 atom stereocenters. The number of methoxy groups -OCH3 is 1. The van der Waals surface area contributed by atoms with Gasteiger partial charge in [0.05, 0.1) is 29.1 Å². The molecule has 2 aromatic carbocycles. The summed E-state index contributed by atoms with van der Waals surface area (Å²) in [5.41, 5.74) is 3.51. The summed E-state index contributed by atoms with van der Waals surface area (Å²) < 4.78 is 28.4. The van der Waals surface area contributed by atoms with Gasteiger partial charge in [0, 0.05) is 0 Å². The Labute approximate surface area is 168 Å². The number of carbonyl (C=O) groups excluding carboxylic acids is 1. The molecule has 0 saturated carbocycles. The Hall–Kier alpha value is -3.24. The van der Waals surface area contributed by atoms with Gasteiger partial charge in [-0.15, -0.1) is 5.10 Å². The number of rotatable bonds is 5. The number of nitrogens with two attached hydrogens (primary N) is 1. The lowest BCUT2D eigenvalue weighted by Gasteiger charge is -2.11. The Balaban J connectivity index is 1.95. The third-order valence-electron chi connectivity index (χ3n) is 4.31. The van der Waals surface area contributed by atoms with Crippen LogP contribution in [0.15, 0.2) is 41.3 Å². The molecule has 1 heterocycles. The predicted octanol–water partition coefficient (Wildman–Crippen LogP) is 2.10. The van der Waals surface area contributed by atoms with E-state index in [-0.39, 0.29) is 22.0 Å². The van der Waals surface area contributed by atoms with Crippen LogP contribution < -0.4 is 15.2 Å². The SMILES string of the molecule is COc1ccc(S(N)(=O)=O)cc1NC(=O)c1nn(-c2ccc(C)cc2C)nc1C. The third-order valence-corrected chi connectivity index (χ3v) is 5.22. The molecule has 10 heteroatoms. The summed E-state index contributed by atoms with van der Waals surface area (Å²) in [7, 11) is -2.53. The first kappa shape index (κ1) is 20.5. The van der Waals surface area contributed by atoms with Gasteiger partial charge in [-0.05, 0) is 50.6 Å². The summed E-state index contributed by atoms with van der Waals surface area (Å²) in [5, 5.41) is 16.4. The minimum Gasteiger partial charge on any atom is -0.495 e. The van der Waals surface area contributed by atoms with E-state index in [0.29, 0.717) is 5.69 Å². The fourth-order valence-electron chi connectivity index (χ4n) is 2.87. The van der Waals surface area contributed by atoms with Crippen molar-refractivity contribution >= 4 is 21.6 Å². The number of hydrogen-bond donors (Lipinski definition) is 2. The second-order valence-corrected chi connectivity index (χ2v) is 8.14. The molecule has 1 aromatic heterocycles. The van der Waals surface area contributed by atoms with Crippen molar-refractivity contribution in [2.45, 2.75) is 25.7 Å². The highest BCUT2D eigenvalue weighted by Crippen LogP contribution is 2.27. The Morgan fingerprint density at radius 2 is 1.83 bits per heavy atom. The summed E-state index contributed by atoms with van der Waals surface area (Å²) in [6.07, 6.45) is 0. The van der Waals surface area contributed by atoms with Crippen LogP contribution in [-0.4, -0.2) is 36.4 Å². The molecule has 0 unspecified atom stereocenters. The van der Waals surface area contributed by atoms with E-state index in [4.69, 9.17) is 9.88 Å². The number of nitrogens with one attached hydrogen (secondary N) is 1. The number of nitrogens with zero attached hydrogens (tertiary/aromatic N) is 3. The average Bonchev–Trinajstić information content (AvgIpc) is 3.02. The van der Waals surface area contributed by atoms with E-state index >= 15 is 0 Å². The molecule has 0 aliphatic carbocycles. The molecule has 3 N–H and O–H groups in total. The second kappa shape index (κ2) is 7.64. The van der Waals surface area contributed by atoms with E-state index in [2.05, 4.69) is 15.5 Å². The van der Waals surface area contributed by atoms with Crippen LogP contribution in [-0.2, 0) is 10.0 Å². The summed E-state index contributed by atoms with van der Waals surface area (Å²) in [6.45, 7) is 5.59. The van der Waals surface area contributed by atoms with Gasteiger partial charge in [0.1, 0.15) is 5.75 Å². The number of hydrogen-bond acceptors (Lipinski definition) is 6. The molecule has 29 heavy (non-hydrogen) atoms. The van der Waals surface area contributed by atoms with Crippen molar-refractivity contribution in [3.05, 3.63) is 58.9 Å². The van der Waals surface area contributed by atoms with Gasteiger partial charge in [0.25, 0.3) is 5.91 Å². The van der Waals surface area contributed by atoms with Crippen LogP contribution in [0, 0.1) is 20.8 Å². The normalized spacial score (nSPS) is 11.3. The van der Waals surface area contributed by atoms with Gasteiger partial charge in [0.2, 0.25) is 10.0 Å². The Morgan fingerprint density at radius 3 is 2.45 bits per heavy atom. The van der Waals surface area contributed by atoms with E-state index in [0.717, 1.165) is 16.8 Å². The predicted molar refractivity (Wildman–Crippen MR) is 108 cm³/mol. The maximum Gasteiger partial charge on any atom is 0.278 e. The Morgan fingerprint density at radius 1 is 1.10 bits per heavy atom. The lowest BCUT2D eigenvalue weighted by atomic mass is 10.1. The van der Waals surface area contributed by atoms with Gasteiger partial charge in [0.15, 0.2) is 5.69 Å². The minimum absolute atomic E-state index is 0.105. The number of anilines is 1. The molecule has 9 nitrogen and oxygen atoms in total. The molecule has 0 bridgehead atoms. The van der Waals surface area contributed by atoms with Gasteiger partial charge < -0.3 is 10.1 Å². The number of amides is 1. The second-order valence-electron chi connectivity index (χ2n) is 6.57. The smallest absolute Gasteiger partial charge is 0.278 e. The zero-order chi connectivity index (χ0) is 21.3. The lowest BCUT2D eigenvalue weighted by Crippen LogP contribution is -2.17. The standard InChI is InChI=1S/C19H21N5O4S/c1-11-5-7-16(12(2)9-11)24-22-13(3)18(23-24)19(25)21-15-10-14(29(20,26)27)6-8-17(15)28-4/h5-10H,1-4H3,(H,21,25)(H2,20,26,27). The average molecular weight is 415 g/mol. The lowest BCUT2D eigenvalue weighted by molar-refractivity contribution is 0.102. The Bertz CT molecular complexity index is 1200. The summed E-state index contributed by atoms with van der Waals surface area (Å²) in [5.74, 6) is -0.270. The topological polar surface area (TPSA) is 129 Å². The van der Waals surface area contributed by atoms with E-state index in [1.807, 2.05) is 32.0 Å². The number of aromatic nitrogens is 3. The van der Waals surface area contributed by atoms with Crippen LogP contribution in [0.25, 0.3) is 5.69 Å². The zero-order valence-corrected chi connectivity index (χ0v) is 17.2. The monoisotopic (exact) mass is 415 g/mol. The first-order chi connectivity index (χ1) is 13.6. The number of carbonyl (C=O) groups is 1. The molecule has 0 spiro atoms. The third kappa shape index (κ3) is 4.28.